The first-order valence-electron chi connectivity index (χ1n) is 6.47. The van der Waals surface area contributed by atoms with Gasteiger partial charge in [0.25, 0.3) is 0 Å². The van der Waals surface area contributed by atoms with Crippen molar-refractivity contribution in [3.8, 4) is 0 Å². The molecule has 0 bridgehead atoms. The standard InChI is InChI=1S/C13H22O4/c1-3-9(2)17-13(16)11(12(14)15)8-10-6-4-5-7-10/h9-11H,3-8H2,1-2H3,(H,14,15)/t9?,11-/m0/s1. The molecule has 1 aliphatic rings. The van der Waals surface area contributed by atoms with Crippen LogP contribution in [-0.2, 0) is 14.3 Å². The lowest BCUT2D eigenvalue weighted by molar-refractivity contribution is -0.162. The summed E-state index contributed by atoms with van der Waals surface area (Å²) in [4.78, 5) is 22.8. The lowest BCUT2D eigenvalue weighted by Gasteiger charge is -2.18. The molecular formula is C13H22O4. The SMILES string of the molecule is CCC(C)OC(=O)[C@@H](CC1CCCC1)C(=O)O. The van der Waals surface area contributed by atoms with Gasteiger partial charge in [0.1, 0.15) is 0 Å². The summed E-state index contributed by atoms with van der Waals surface area (Å²) in [5.74, 6) is -2.23. The van der Waals surface area contributed by atoms with Crippen molar-refractivity contribution in [3.63, 3.8) is 0 Å². The minimum Gasteiger partial charge on any atom is -0.481 e. The number of ether oxygens (including phenoxy) is 1. The van der Waals surface area contributed by atoms with E-state index in [1.165, 1.54) is 0 Å². The van der Waals surface area contributed by atoms with Crippen LogP contribution in [0, 0.1) is 11.8 Å². The normalized spacial score (nSPS) is 19.9. The third-order valence-corrected chi connectivity index (χ3v) is 3.52. The highest BCUT2D eigenvalue weighted by molar-refractivity contribution is 5.93. The van der Waals surface area contributed by atoms with Gasteiger partial charge in [0, 0.05) is 0 Å². The van der Waals surface area contributed by atoms with Gasteiger partial charge in [0.2, 0.25) is 0 Å². The van der Waals surface area contributed by atoms with E-state index < -0.39 is 17.9 Å². The molecule has 4 heteroatoms. The molecule has 0 amide bonds. The summed E-state index contributed by atoms with van der Waals surface area (Å²) in [5, 5.41) is 9.09. The van der Waals surface area contributed by atoms with Crippen molar-refractivity contribution in [1.82, 2.24) is 0 Å². The van der Waals surface area contributed by atoms with Gasteiger partial charge in [0.15, 0.2) is 5.92 Å². The molecule has 0 aromatic heterocycles. The van der Waals surface area contributed by atoms with Gasteiger partial charge in [0.05, 0.1) is 6.10 Å². The highest BCUT2D eigenvalue weighted by atomic mass is 16.5. The van der Waals surface area contributed by atoms with Crippen LogP contribution in [0.25, 0.3) is 0 Å². The summed E-state index contributed by atoms with van der Waals surface area (Å²) in [7, 11) is 0. The van der Waals surface area contributed by atoms with Crippen LogP contribution in [-0.4, -0.2) is 23.1 Å². The molecule has 1 fully saturated rings. The van der Waals surface area contributed by atoms with Crippen LogP contribution in [0.5, 0.6) is 0 Å². The van der Waals surface area contributed by atoms with Crippen molar-refractivity contribution in [2.24, 2.45) is 11.8 Å². The van der Waals surface area contributed by atoms with E-state index in [1.54, 1.807) is 6.92 Å². The number of carbonyl (C=O) groups excluding carboxylic acids is 1. The van der Waals surface area contributed by atoms with Crippen LogP contribution in [0.3, 0.4) is 0 Å². The zero-order valence-corrected chi connectivity index (χ0v) is 10.6. The smallest absolute Gasteiger partial charge is 0.320 e. The molecule has 1 rings (SSSR count). The van der Waals surface area contributed by atoms with Gasteiger partial charge in [-0.05, 0) is 25.7 Å². The molecule has 0 radical (unpaired) electrons. The third-order valence-electron chi connectivity index (χ3n) is 3.52. The number of carboxylic acid groups (broad SMARTS) is 1. The van der Waals surface area contributed by atoms with Gasteiger partial charge in [-0.1, -0.05) is 32.6 Å². The molecular weight excluding hydrogens is 220 g/mol. The molecule has 1 N–H and O–H groups in total. The molecule has 0 aromatic carbocycles. The number of hydrogen-bond donors (Lipinski definition) is 1. The summed E-state index contributed by atoms with van der Waals surface area (Å²) >= 11 is 0. The zero-order chi connectivity index (χ0) is 12.8. The fourth-order valence-corrected chi connectivity index (χ4v) is 2.24. The highest BCUT2D eigenvalue weighted by Crippen LogP contribution is 2.31. The Morgan fingerprint density at radius 1 is 1.35 bits per heavy atom. The Bertz CT molecular complexity index is 269. The van der Waals surface area contributed by atoms with Crippen molar-refractivity contribution in [3.05, 3.63) is 0 Å². The van der Waals surface area contributed by atoms with E-state index in [2.05, 4.69) is 0 Å². The van der Waals surface area contributed by atoms with Gasteiger partial charge in [-0.15, -0.1) is 0 Å². The summed E-state index contributed by atoms with van der Waals surface area (Å²) in [6.07, 6.45) is 5.33. The Morgan fingerprint density at radius 3 is 2.41 bits per heavy atom. The van der Waals surface area contributed by atoms with E-state index in [0.29, 0.717) is 18.8 Å². The van der Waals surface area contributed by atoms with Crippen LogP contribution in [0.15, 0.2) is 0 Å². The van der Waals surface area contributed by atoms with E-state index >= 15 is 0 Å². The molecule has 17 heavy (non-hydrogen) atoms. The first kappa shape index (κ1) is 14.0. The Hall–Kier alpha value is -1.06. The average Bonchev–Trinajstić information content (AvgIpc) is 2.77. The topological polar surface area (TPSA) is 63.6 Å². The first-order valence-corrected chi connectivity index (χ1v) is 6.47. The number of carbonyl (C=O) groups is 2. The Labute approximate surface area is 102 Å². The van der Waals surface area contributed by atoms with Gasteiger partial charge < -0.3 is 9.84 Å². The fourth-order valence-electron chi connectivity index (χ4n) is 2.24. The number of carboxylic acids is 1. The van der Waals surface area contributed by atoms with Crippen LogP contribution >= 0.6 is 0 Å². The van der Waals surface area contributed by atoms with E-state index in [0.717, 1.165) is 25.7 Å². The fraction of sp³-hybridized carbons (Fsp3) is 0.846. The number of aliphatic carboxylic acids is 1. The molecule has 98 valence electrons. The van der Waals surface area contributed by atoms with Gasteiger partial charge >= 0.3 is 11.9 Å². The van der Waals surface area contributed by atoms with Crippen molar-refractivity contribution in [2.75, 3.05) is 0 Å². The molecule has 0 saturated heterocycles. The Kier molecular flexibility index (Phi) is 5.45. The second-order valence-corrected chi connectivity index (χ2v) is 4.93. The molecule has 1 aliphatic carbocycles. The van der Waals surface area contributed by atoms with Crippen molar-refractivity contribution >= 4 is 11.9 Å². The van der Waals surface area contributed by atoms with Gasteiger partial charge in [-0.25, -0.2) is 0 Å². The lowest BCUT2D eigenvalue weighted by Crippen LogP contribution is -2.30. The number of esters is 1. The van der Waals surface area contributed by atoms with Crippen molar-refractivity contribution < 1.29 is 19.4 Å². The monoisotopic (exact) mass is 242 g/mol. The molecule has 0 heterocycles. The number of rotatable bonds is 6. The number of hydrogen-bond acceptors (Lipinski definition) is 3. The minimum absolute atomic E-state index is 0.201. The van der Waals surface area contributed by atoms with Gasteiger partial charge in [-0.3, -0.25) is 9.59 Å². The third kappa shape index (κ3) is 4.36. The molecule has 0 spiro atoms. The largest absolute Gasteiger partial charge is 0.481 e. The van der Waals surface area contributed by atoms with Gasteiger partial charge in [-0.2, -0.15) is 0 Å². The summed E-state index contributed by atoms with van der Waals surface area (Å²) < 4.78 is 5.11. The summed E-state index contributed by atoms with van der Waals surface area (Å²) in [6.45, 7) is 3.69. The summed E-state index contributed by atoms with van der Waals surface area (Å²) in [6, 6.07) is 0. The Morgan fingerprint density at radius 2 is 1.94 bits per heavy atom. The van der Waals surface area contributed by atoms with Crippen LogP contribution in [0.4, 0.5) is 0 Å². The second-order valence-electron chi connectivity index (χ2n) is 4.93. The van der Waals surface area contributed by atoms with Crippen LogP contribution in [0.1, 0.15) is 52.4 Å². The first-order chi connectivity index (χ1) is 8.04. The van der Waals surface area contributed by atoms with Crippen LogP contribution < -0.4 is 0 Å². The maximum absolute atomic E-state index is 11.7. The van der Waals surface area contributed by atoms with E-state index in [-0.39, 0.29) is 6.10 Å². The molecule has 4 nitrogen and oxygen atoms in total. The quantitative estimate of drug-likeness (QED) is 0.574. The predicted molar refractivity (Wildman–Crippen MR) is 63.5 cm³/mol. The van der Waals surface area contributed by atoms with Crippen molar-refractivity contribution in [1.29, 1.82) is 0 Å². The molecule has 0 aliphatic heterocycles. The highest BCUT2D eigenvalue weighted by Gasteiger charge is 2.32. The van der Waals surface area contributed by atoms with E-state index in [9.17, 15) is 9.59 Å². The predicted octanol–water partition coefficient (Wildman–Crippen LogP) is 2.61. The second kappa shape index (κ2) is 6.62. The molecule has 1 unspecified atom stereocenters. The molecule has 2 atom stereocenters. The summed E-state index contributed by atoms with van der Waals surface area (Å²) in [5.41, 5.74) is 0. The minimum atomic E-state index is -1.05. The van der Waals surface area contributed by atoms with E-state index in [4.69, 9.17) is 9.84 Å². The average molecular weight is 242 g/mol. The van der Waals surface area contributed by atoms with Crippen LogP contribution in [0.2, 0.25) is 0 Å². The maximum Gasteiger partial charge on any atom is 0.320 e. The van der Waals surface area contributed by atoms with Crippen molar-refractivity contribution in [2.45, 2.75) is 58.5 Å². The Balaban J connectivity index is 2.52. The van der Waals surface area contributed by atoms with E-state index in [1.807, 2.05) is 6.92 Å². The maximum atomic E-state index is 11.7. The lowest BCUT2D eigenvalue weighted by atomic mass is 9.93. The molecule has 0 aromatic rings. The zero-order valence-electron chi connectivity index (χ0n) is 10.6. The molecule has 1 saturated carbocycles.